The molecule has 1 aliphatic heterocycles. The lowest BCUT2D eigenvalue weighted by Gasteiger charge is -2.25. The van der Waals surface area contributed by atoms with E-state index in [1.165, 1.54) is 30.6 Å². The largest absolute Gasteiger partial charge is 0.347 e. The van der Waals surface area contributed by atoms with Gasteiger partial charge < -0.3 is 10.2 Å². The number of pyridine rings is 1. The lowest BCUT2D eigenvalue weighted by molar-refractivity contribution is 0.0944. The van der Waals surface area contributed by atoms with Gasteiger partial charge in [0.05, 0.1) is 0 Å². The van der Waals surface area contributed by atoms with Crippen LogP contribution in [0.25, 0.3) is 5.13 Å². The topological polar surface area (TPSA) is 75.9 Å². The Morgan fingerprint density at radius 3 is 2.77 bits per heavy atom. The van der Waals surface area contributed by atoms with E-state index in [1.54, 1.807) is 23.0 Å². The number of carbonyl (C=O) groups excluding carboxylic acids is 1. The van der Waals surface area contributed by atoms with Crippen molar-refractivity contribution in [2.45, 2.75) is 25.8 Å². The third kappa shape index (κ3) is 3.60. The van der Waals surface area contributed by atoms with Crippen molar-refractivity contribution >= 4 is 22.4 Å². The summed E-state index contributed by atoms with van der Waals surface area (Å²) in [4.78, 5) is 18.9. The monoisotopic (exact) mass is 368 g/mol. The molecule has 3 aromatic heterocycles. The van der Waals surface area contributed by atoms with Crippen molar-refractivity contribution in [3.63, 3.8) is 0 Å². The minimum Gasteiger partial charge on any atom is -0.347 e. The van der Waals surface area contributed by atoms with Crippen LogP contribution in [-0.2, 0) is 6.54 Å². The highest BCUT2D eigenvalue weighted by atomic mass is 32.1. The molecule has 0 unspecified atom stereocenters. The smallest absolute Gasteiger partial charge is 0.268 e. The second kappa shape index (κ2) is 7.65. The number of anilines is 1. The fourth-order valence-corrected chi connectivity index (χ4v) is 3.92. The highest BCUT2D eigenvalue weighted by Crippen LogP contribution is 2.26. The molecule has 7 nitrogen and oxygen atoms in total. The van der Waals surface area contributed by atoms with E-state index in [0.717, 1.165) is 23.8 Å². The molecule has 0 atom stereocenters. The van der Waals surface area contributed by atoms with Gasteiger partial charge in [-0.1, -0.05) is 17.4 Å². The van der Waals surface area contributed by atoms with Gasteiger partial charge in [-0.25, -0.2) is 0 Å². The van der Waals surface area contributed by atoms with Gasteiger partial charge in [0.1, 0.15) is 5.69 Å². The fraction of sp³-hybridized carbons (Fsp3) is 0.333. The van der Waals surface area contributed by atoms with E-state index >= 15 is 0 Å². The number of nitrogens with one attached hydrogen (secondary N) is 1. The van der Waals surface area contributed by atoms with E-state index in [2.05, 4.69) is 25.4 Å². The van der Waals surface area contributed by atoms with Gasteiger partial charge in [-0.2, -0.15) is 0 Å². The van der Waals surface area contributed by atoms with Crippen molar-refractivity contribution in [3.8, 4) is 5.13 Å². The van der Waals surface area contributed by atoms with E-state index in [4.69, 9.17) is 0 Å². The van der Waals surface area contributed by atoms with Crippen LogP contribution >= 0.6 is 11.3 Å². The van der Waals surface area contributed by atoms with Gasteiger partial charge >= 0.3 is 0 Å². The molecule has 4 rings (SSSR count). The maximum Gasteiger partial charge on any atom is 0.268 e. The van der Waals surface area contributed by atoms with Crippen LogP contribution in [0.15, 0.2) is 42.9 Å². The summed E-state index contributed by atoms with van der Waals surface area (Å²) in [6.07, 6.45) is 8.97. The van der Waals surface area contributed by atoms with Crippen LogP contribution in [0.5, 0.6) is 0 Å². The molecule has 1 saturated heterocycles. The second-order valence-corrected chi connectivity index (χ2v) is 7.16. The fourth-order valence-electron chi connectivity index (χ4n) is 3.03. The van der Waals surface area contributed by atoms with Gasteiger partial charge in [0.2, 0.25) is 10.3 Å². The first-order chi connectivity index (χ1) is 12.8. The Hall–Kier alpha value is -2.74. The van der Waals surface area contributed by atoms with Gasteiger partial charge in [-0.05, 0) is 43.0 Å². The molecule has 3 aromatic rings. The zero-order chi connectivity index (χ0) is 17.8. The van der Waals surface area contributed by atoms with Crippen LogP contribution in [0.3, 0.4) is 0 Å². The average Bonchev–Trinajstić information content (AvgIpc) is 3.37. The summed E-state index contributed by atoms with van der Waals surface area (Å²) in [6.45, 7) is 2.49. The Bertz CT molecular complexity index is 869. The zero-order valence-corrected chi connectivity index (χ0v) is 15.2. The predicted octanol–water partition coefficient (Wildman–Crippen LogP) is 2.64. The van der Waals surface area contributed by atoms with E-state index in [-0.39, 0.29) is 5.91 Å². The third-order valence-electron chi connectivity index (χ3n) is 4.39. The molecule has 1 fully saturated rings. The molecule has 0 aromatic carbocycles. The van der Waals surface area contributed by atoms with Crippen LogP contribution in [0.2, 0.25) is 0 Å². The third-order valence-corrected chi connectivity index (χ3v) is 5.38. The van der Waals surface area contributed by atoms with Crippen molar-refractivity contribution in [1.82, 2.24) is 25.1 Å². The molecule has 1 N–H and O–H groups in total. The van der Waals surface area contributed by atoms with E-state index in [9.17, 15) is 4.79 Å². The maximum absolute atomic E-state index is 12.6. The first-order valence-corrected chi connectivity index (χ1v) is 9.56. The Kier molecular flexibility index (Phi) is 4.92. The van der Waals surface area contributed by atoms with Gasteiger partial charge in [-0.3, -0.25) is 14.3 Å². The normalized spacial score (nSPS) is 14.4. The number of rotatable bonds is 5. The number of amides is 1. The summed E-state index contributed by atoms with van der Waals surface area (Å²) in [7, 11) is 0. The summed E-state index contributed by atoms with van der Waals surface area (Å²) >= 11 is 1.52. The molecule has 4 heterocycles. The zero-order valence-electron chi connectivity index (χ0n) is 14.3. The van der Waals surface area contributed by atoms with Crippen LogP contribution in [0, 0.1) is 0 Å². The van der Waals surface area contributed by atoms with Gasteiger partial charge in [0.15, 0.2) is 0 Å². The molecule has 0 radical (unpaired) electrons. The Labute approximate surface area is 155 Å². The minimum absolute atomic E-state index is 0.145. The number of hydrogen-bond acceptors (Lipinski definition) is 6. The molecular formula is C18H20N6OS. The first-order valence-electron chi connectivity index (χ1n) is 8.74. The standard InChI is InChI=1S/C18H20N6OS/c25-16(20-13-14-6-4-8-19-12-14)15-7-5-11-24(15)18-22-21-17(26-18)23-9-2-1-3-10-23/h4-8,11-12H,1-3,9-10,13H2,(H,20,25). The van der Waals surface area contributed by atoms with Crippen molar-refractivity contribution in [2.75, 3.05) is 18.0 Å². The van der Waals surface area contributed by atoms with Crippen molar-refractivity contribution < 1.29 is 4.79 Å². The van der Waals surface area contributed by atoms with Crippen molar-refractivity contribution in [3.05, 3.63) is 54.1 Å². The molecule has 0 bridgehead atoms. The Morgan fingerprint density at radius 2 is 1.96 bits per heavy atom. The van der Waals surface area contributed by atoms with Crippen LogP contribution in [0.4, 0.5) is 5.13 Å². The molecule has 26 heavy (non-hydrogen) atoms. The molecule has 0 spiro atoms. The summed E-state index contributed by atoms with van der Waals surface area (Å²) in [5.41, 5.74) is 1.51. The van der Waals surface area contributed by atoms with Crippen LogP contribution < -0.4 is 10.2 Å². The predicted molar refractivity (Wildman–Crippen MR) is 101 cm³/mol. The first kappa shape index (κ1) is 16.7. The molecule has 0 aliphatic carbocycles. The quantitative estimate of drug-likeness (QED) is 0.749. The van der Waals surface area contributed by atoms with Crippen molar-refractivity contribution in [1.29, 1.82) is 0 Å². The average molecular weight is 368 g/mol. The van der Waals surface area contributed by atoms with E-state index < -0.39 is 0 Å². The summed E-state index contributed by atoms with van der Waals surface area (Å²) in [5, 5.41) is 13.2. The van der Waals surface area contributed by atoms with Gasteiger partial charge in [-0.15, -0.1) is 10.2 Å². The highest BCUT2D eigenvalue weighted by molar-refractivity contribution is 7.17. The van der Waals surface area contributed by atoms with Crippen molar-refractivity contribution in [2.24, 2.45) is 0 Å². The van der Waals surface area contributed by atoms with E-state index in [0.29, 0.717) is 17.4 Å². The van der Waals surface area contributed by atoms with E-state index in [1.807, 2.05) is 24.4 Å². The Morgan fingerprint density at radius 1 is 1.12 bits per heavy atom. The van der Waals surface area contributed by atoms with Gasteiger partial charge in [0.25, 0.3) is 5.91 Å². The lowest BCUT2D eigenvalue weighted by atomic mass is 10.1. The number of piperidine rings is 1. The van der Waals surface area contributed by atoms with Crippen LogP contribution in [-0.4, -0.2) is 38.7 Å². The summed E-state index contributed by atoms with van der Waals surface area (Å²) < 4.78 is 1.80. The second-order valence-electron chi connectivity index (χ2n) is 6.22. The number of hydrogen-bond donors (Lipinski definition) is 1. The summed E-state index contributed by atoms with van der Waals surface area (Å²) in [6, 6.07) is 7.43. The summed E-state index contributed by atoms with van der Waals surface area (Å²) in [5.74, 6) is -0.145. The molecule has 1 amide bonds. The molecule has 8 heteroatoms. The highest BCUT2D eigenvalue weighted by Gasteiger charge is 2.18. The van der Waals surface area contributed by atoms with Gasteiger partial charge in [0, 0.05) is 38.2 Å². The minimum atomic E-state index is -0.145. The number of carbonyl (C=O) groups is 1. The molecule has 1 aliphatic rings. The Balaban J connectivity index is 1.48. The number of aromatic nitrogens is 4. The lowest BCUT2D eigenvalue weighted by Crippen LogP contribution is -2.29. The molecular weight excluding hydrogens is 348 g/mol. The molecule has 0 saturated carbocycles. The number of nitrogens with zero attached hydrogens (tertiary/aromatic N) is 5. The van der Waals surface area contributed by atoms with Crippen LogP contribution in [0.1, 0.15) is 35.3 Å². The molecule has 134 valence electrons. The maximum atomic E-state index is 12.6. The SMILES string of the molecule is O=C(NCc1cccnc1)c1cccn1-c1nnc(N2CCCCC2)s1.